The minimum absolute atomic E-state index is 0.0634. The second-order valence-electron chi connectivity index (χ2n) is 6.64. The molecule has 1 aromatic carbocycles. The Hall–Kier alpha value is -1.35. The minimum atomic E-state index is 0.0634. The Morgan fingerprint density at radius 2 is 1.95 bits per heavy atom. The number of fused-ring (bicyclic) bond motifs is 2. The molecule has 0 spiro atoms. The summed E-state index contributed by atoms with van der Waals surface area (Å²) in [5.41, 5.74) is 9.67. The van der Waals surface area contributed by atoms with Crippen molar-refractivity contribution in [3.8, 4) is 0 Å². The lowest BCUT2D eigenvalue weighted by atomic mass is 9.93. The van der Waals surface area contributed by atoms with E-state index in [4.69, 9.17) is 5.73 Å². The Morgan fingerprint density at radius 1 is 1.20 bits per heavy atom. The predicted octanol–water partition coefficient (Wildman–Crippen LogP) is 2.41. The zero-order chi connectivity index (χ0) is 13.7. The summed E-state index contributed by atoms with van der Waals surface area (Å²) in [5.74, 6) is 2.42. The lowest BCUT2D eigenvalue weighted by Crippen LogP contribution is -2.32. The quantitative estimate of drug-likeness (QED) is 0.867. The van der Waals surface area contributed by atoms with Crippen LogP contribution in [0.1, 0.15) is 53.2 Å². The summed E-state index contributed by atoms with van der Waals surface area (Å²) in [5, 5.41) is 2.92. The van der Waals surface area contributed by atoms with Crippen LogP contribution in [-0.2, 0) is 6.42 Å². The van der Waals surface area contributed by atoms with Crippen LogP contribution in [0.4, 0.5) is 0 Å². The van der Waals surface area contributed by atoms with Gasteiger partial charge < -0.3 is 11.1 Å². The van der Waals surface area contributed by atoms with Crippen molar-refractivity contribution in [2.75, 3.05) is 6.54 Å². The van der Waals surface area contributed by atoms with E-state index in [2.05, 4.69) is 17.4 Å². The largest absolute Gasteiger partial charge is 0.352 e. The van der Waals surface area contributed by atoms with Crippen LogP contribution >= 0.6 is 0 Å². The molecule has 20 heavy (non-hydrogen) atoms. The summed E-state index contributed by atoms with van der Waals surface area (Å²) in [6.07, 6.45) is 6.39. The van der Waals surface area contributed by atoms with Gasteiger partial charge in [-0.05, 0) is 54.2 Å². The maximum absolute atomic E-state index is 11.9. The van der Waals surface area contributed by atoms with Gasteiger partial charge in [0.05, 0.1) is 0 Å². The highest BCUT2D eigenvalue weighted by atomic mass is 16.1. The average Bonchev–Trinajstić information content (AvgIpc) is 3.21. The lowest BCUT2D eigenvalue weighted by molar-refractivity contribution is 0.0946. The number of nitrogens with one attached hydrogen (secondary N) is 1. The van der Waals surface area contributed by atoms with Gasteiger partial charge >= 0.3 is 0 Å². The molecule has 3 unspecified atom stereocenters. The Labute approximate surface area is 119 Å². The topological polar surface area (TPSA) is 55.1 Å². The highest BCUT2D eigenvalue weighted by molar-refractivity contribution is 5.96. The Bertz CT molecular complexity index is 542. The normalized spacial score (nSPS) is 32.9. The van der Waals surface area contributed by atoms with Gasteiger partial charge in [0, 0.05) is 18.2 Å². The molecule has 1 aromatic rings. The van der Waals surface area contributed by atoms with Crippen molar-refractivity contribution in [3.63, 3.8) is 0 Å². The van der Waals surface area contributed by atoms with Crippen LogP contribution < -0.4 is 11.1 Å². The van der Waals surface area contributed by atoms with Gasteiger partial charge in [0.15, 0.2) is 0 Å². The van der Waals surface area contributed by atoms with Crippen LogP contribution in [0.3, 0.4) is 0 Å². The van der Waals surface area contributed by atoms with Gasteiger partial charge in [-0.3, -0.25) is 4.79 Å². The molecular weight excluding hydrogens is 248 g/mol. The summed E-state index contributed by atoms with van der Waals surface area (Å²) < 4.78 is 0. The molecule has 2 aliphatic carbocycles. The summed E-state index contributed by atoms with van der Waals surface area (Å²) in [4.78, 5) is 11.9. The van der Waals surface area contributed by atoms with E-state index in [0.29, 0.717) is 5.92 Å². The number of hydrogen-bond donors (Lipinski definition) is 2. The molecule has 3 aliphatic rings. The van der Waals surface area contributed by atoms with Crippen molar-refractivity contribution >= 4 is 5.91 Å². The standard InChI is InChI=1S/C17H22N2O/c18-16(15-12-3-1-2-4-13(12)15)11-6-5-10-7-8-19-17(20)14(10)9-11/h5-6,9,12-13,15-16H,1-4,7-8,18H2,(H,19,20). The van der Waals surface area contributed by atoms with Gasteiger partial charge in [0.1, 0.15) is 0 Å². The van der Waals surface area contributed by atoms with E-state index < -0.39 is 0 Å². The number of hydrogen-bond acceptors (Lipinski definition) is 2. The van der Waals surface area contributed by atoms with E-state index in [1.54, 1.807) is 0 Å². The minimum Gasteiger partial charge on any atom is -0.352 e. The average molecular weight is 270 g/mol. The molecular formula is C17H22N2O. The van der Waals surface area contributed by atoms with Crippen LogP contribution in [0.25, 0.3) is 0 Å². The summed E-state index contributed by atoms with van der Waals surface area (Å²) in [6.45, 7) is 0.754. The van der Waals surface area contributed by atoms with Crippen LogP contribution in [-0.4, -0.2) is 12.5 Å². The number of carbonyl (C=O) groups is 1. The van der Waals surface area contributed by atoms with Gasteiger partial charge in [0.25, 0.3) is 5.91 Å². The molecule has 0 radical (unpaired) electrons. The molecule has 1 heterocycles. The van der Waals surface area contributed by atoms with Gasteiger partial charge in [-0.25, -0.2) is 0 Å². The Kier molecular flexibility index (Phi) is 2.84. The fourth-order valence-corrected chi connectivity index (χ4v) is 4.44. The van der Waals surface area contributed by atoms with E-state index in [9.17, 15) is 4.79 Å². The van der Waals surface area contributed by atoms with E-state index >= 15 is 0 Å². The Morgan fingerprint density at radius 3 is 2.70 bits per heavy atom. The molecule has 3 nitrogen and oxygen atoms in total. The third kappa shape index (κ3) is 1.87. The SMILES string of the molecule is NC(c1ccc2c(c1)C(=O)NCC2)C1C2CCCCC21. The third-order valence-corrected chi connectivity index (χ3v) is 5.58. The number of amides is 1. The Balaban J connectivity index is 1.59. The van der Waals surface area contributed by atoms with Crippen molar-refractivity contribution in [2.24, 2.45) is 23.5 Å². The summed E-state index contributed by atoms with van der Waals surface area (Å²) in [6, 6.07) is 6.41. The highest BCUT2D eigenvalue weighted by Gasteiger charge is 2.53. The van der Waals surface area contributed by atoms with E-state index in [1.807, 2.05) is 6.07 Å². The van der Waals surface area contributed by atoms with Crippen LogP contribution in [0.5, 0.6) is 0 Å². The molecule has 0 saturated heterocycles. The molecule has 1 amide bonds. The van der Waals surface area contributed by atoms with Gasteiger partial charge in [-0.1, -0.05) is 25.0 Å². The fraction of sp³-hybridized carbons (Fsp3) is 0.588. The molecule has 3 N–H and O–H groups in total. The van der Waals surface area contributed by atoms with Gasteiger partial charge in [-0.2, -0.15) is 0 Å². The number of rotatable bonds is 2. The first kappa shape index (κ1) is 12.4. The maximum Gasteiger partial charge on any atom is 0.251 e. The number of benzene rings is 1. The lowest BCUT2D eigenvalue weighted by Gasteiger charge is -2.19. The molecule has 1 aliphatic heterocycles. The first-order valence-electron chi connectivity index (χ1n) is 7.92. The summed E-state index contributed by atoms with van der Waals surface area (Å²) >= 11 is 0. The highest BCUT2D eigenvalue weighted by Crippen LogP contribution is 2.59. The van der Waals surface area contributed by atoms with Gasteiger partial charge in [-0.15, -0.1) is 0 Å². The number of nitrogens with two attached hydrogens (primary N) is 1. The molecule has 2 fully saturated rings. The third-order valence-electron chi connectivity index (χ3n) is 5.58. The maximum atomic E-state index is 11.9. The second kappa shape index (κ2) is 4.59. The van der Waals surface area contributed by atoms with Crippen LogP contribution in [0.15, 0.2) is 18.2 Å². The zero-order valence-electron chi connectivity index (χ0n) is 11.8. The molecule has 3 atom stereocenters. The second-order valence-corrected chi connectivity index (χ2v) is 6.64. The fourth-order valence-electron chi connectivity index (χ4n) is 4.44. The van der Waals surface area contributed by atoms with Crippen molar-refractivity contribution in [1.82, 2.24) is 5.32 Å². The van der Waals surface area contributed by atoms with Crippen molar-refractivity contribution < 1.29 is 4.79 Å². The molecule has 2 saturated carbocycles. The van der Waals surface area contributed by atoms with E-state index in [-0.39, 0.29) is 11.9 Å². The zero-order valence-corrected chi connectivity index (χ0v) is 11.8. The van der Waals surface area contributed by atoms with E-state index in [1.165, 1.54) is 25.7 Å². The number of carbonyl (C=O) groups excluding carboxylic acids is 1. The summed E-state index contributed by atoms with van der Waals surface area (Å²) in [7, 11) is 0. The first-order valence-corrected chi connectivity index (χ1v) is 7.92. The van der Waals surface area contributed by atoms with Crippen molar-refractivity contribution in [1.29, 1.82) is 0 Å². The molecule has 4 rings (SSSR count). The smallest absolute Gasteiger partial charge is 0.251 e. The monoisotopic (exact) mass is 270 g/mol. The predicted molar refractivity (Wildman–Crippen MR) is 78.3 cm³/mol. The molecule has 0 aromatic heterocycles. The molecule has 3 heteroatoms. The van der Waals surface area contributed by atoms with Gasteiger partial charge in [0.2, 0.25) is 0 Å². The van der Waals surface area contributed by atoms with E-state index in [0.717, 1.165) is 41.5 Å². The molecule has 0 bridgehead atoms. The van der Waals surface area contributed by atoms with Crippen molar-refractivity contribution in [2.45, 2.75) is 38.1 Å². The molecule has 106 valence electrons. The van der Waals surface area contributed by atoms with Crippen LogP contribution in [0.2, 0.25) is 0 Å². The van der Waals surface area contributed by atoms with Crippen molar-refractivity contribution in [3.05, 3.63) is 34.9 Å². The first-order chi connectivity index (χ1) is 9.75. The van der Waals surface area contributed by atoms with Crippen LogP contribution in [0, 0.1) is 17.8 Å².